The second kappa shape index (κ2) is 21.0. The van der Waals surface area contributed by atoms with E-state index in [9.17, 15) is 24.3 Å². The molecule has 4 amide bonds. The van der Waals surface area contributed by atoms with Gasteiger partial charge in [-0.2, -0.15) is 0 Å². The van der Waals surface area contributed by atoms with Gasteiger partial charge in [-0.05, 0) is 48.0 Å². The van der Waals surface area contributed by atoms with Gasteiger partial charge < -0.3 is 31.7 Å². The van der Waals surface area contributed by atoms with Gasteiger partial charge in [-0.25, -0.2) is 0 Å². The summed E-state index contributed by atoms with van der Waals surface area (Å²) in [5.41, 5.74) is 0.956. The number of amides is 4. The number of carbonyl (C=O) groups is 4. The summed E-state index contributed by atoms with van der Waals surface area (Å²) in [7, 11) is 0. The summed E-state index contributed by atoms with van der Waals surface area (Å²) in [6.07, 6.45) is -0.0420. The van der Waals surface area contributed by atoms with E-state index in [-0.39, 0.29) is 59.8 Å². The molecular weight excluding hydrogens is 582 g/mol. The van der Waals surface area contributed by atoms with E-state index in [1.54, 1.807) is 0 Å². The van der Waals surface area contributed by atoms with E-state index in [1.165, 1.54) is 0 Å². The van der Waals surface area contributed by atoms with Gasteiger partial charge in [0.05, 0.1) is 24.6 Å². The maximum atomic E-state index is 13.6. The Balaban J connectivity index is 2.91. The van der Waals surface area contributed by atoms with E-state index in [4.69, 9.17) is 0 Å². The van der Waals surface area contributed by atoms with Crippen LogP contribution in [-0.2, 0) is 25.7 Å². The highest BCUT2D eigenvalue weighted by atomic mass is 16.3. The lowest BCUT2D eigenvalue weighted by Crippen LogP contribution is -2.57. The average Bonchev–Trinajstić information content (AvgIpc) is 2.94. The van der Waals surface area contributed by atoms with E-state index in [2.05, 4.69) is 26.6 Å². The standard InChI is InChI=1S/C36H63N5O5/c1-22(2)16-28(41-36(46)34(26(9)10)37-21-30(25(7)8)40-32(43)18-24(5)6)31(42)19-33(44)39-29(17-23(3)4)35(45)38-20-27-14-12-11-13-15-27/h11-15,22-26,28-31,34,37,42H,16-21H2,1-10H3,(H,38,45)(H,39,44)(H,40,43)(H,41,46)/t28-,29-,30+,31?,34-/m0/s1. The third-order valence-electron chi connectivity index (χ3n) is 7.83. The van der Waals surface area contributed by atoms with Gasteiger partial charge in [-0.15, -0.1) is 0 Å². The molecule has 0 saturated carbocycles. The minimum absolute atomic E-state index is 0.0104. The van der Waals surface area contributed by atoms with Gasteiger partial charge in [-0.1, -0.05) is 99.6 Å². The van der Waals surface area contributed by atoms with Gasteiger partial charge in [0.15, 0.2) is 0 Å². The summed E-state index contributed by atoms with van der Waals surface area (Å²) in [5.74, 6) is -0.363. The van der Waals surface area contributed by atoms with Gasteiger partial charge in [0.2, 0.25) is 23.6 Å². The fraction of sp³-hybridized carbons (Fsp3) is 0.722. The molecule has 0 radical (unpaired) electrons. The molecule has 1 aromatic rings. The Labute approximate surface area is 278 Å². The number of carbonyl (C=O) groups excluding carboxylic acids is 4. The van der Waals surface area contributed by atoms with Crippen molar-refractivity contribution in [3.05, 3.63) is 35.9 Å². The molecule has 262 valence electrons. The first-order chi connectivity index (χ1) is 21.5. The zero-order chi connectivity index (χ0) is 35.0. The molecule has 0 bridgehead atoms. The number of hydrogen-bond acceptors (Lipinski definition) is 6. The van der Waals surface area contributed by atoms with Crippen molar-refractivity contribution in [3.8, 4) is 0 Å². The van der Waals surface area contributed by atoms with Crippen molar-refractivity contribution >= 4 is 23.6 Å². The normalized spacial score (nSPS) is 15.0. The van der Waals surface area contributed by atoms with Gasteiger partial charge in [-0.3, -0.25) is 19.2 Å². The molecule has 1 rings (SSSR count). The first kappa shape index (κ1) is 41.0. The molecule has 46 heavy (non-hydrogen) atoms. The van der Waals surface area contributed by atoms with Gasteiger partial charge in [0.25, 0.3) is 0 Å². The Morgan fingerprint density at radius 3 is 1.76 bits per heavy atom. The lowest BCUT2D eigenvalue weighted by Gasteiger charge is -2.31. The Hall–Kier alpha value is -2.98. The van der Waals surface area contributed by atoms with Crippen LogP contribution in [0.2, 0.25) is 0 Å². The molecule has 6 N–H and O–H groups in total. The zero-order valence-corrected chi connectivity index (χ0v) is 30.0. The molecule has 1 unspecified atom stereocenters. The molecule has 0 aromatic heterocycles. The van der Waals surface area contributed by atoms with Gasteiger partial charge in [0, 0.05) is 25.6 Å². The van der Waals surface area contributed by atoms with Crippen molar-refractivity contribution < 1.29 is 24.3 Å². The fourth-order valence-electron chi connectivity index (χ4n) is 5.26. The molecule has 10 nitrogen and oxygen atoms in total. The molecule has 0 aliphatic rings. The predicted molar refractivity (Wildman–Crippen MR) is 185 cm³/mol. The summed E-state index contributed by atoms with van der Waals surface area (Å²) in [6, 6.07) is 7.43. The van der Waals surface area contributed by atoms with Crippen LogP contribution >= 0.6 is 0 Å². The lowest BCUT2D eigenvalue weighted by atomic mass is 9.95. The molecule has 5 atom stereocenters. The quantitative estimate of drug-likeness (QED) is 0.119. The third-order valence-corrected chi connectivity index (χ3v) is 7.83. The van der Waals surface area contributed by atoms with Crippen molar-refractivity contribution in [3.63, 3.8) is 0 Å². The Morgan fingerprint density at radius 1 is 0.652 bits per heavy atom. The third kappa shape index (κ3) is 16.5. The van der Waals surface area contributed by atoms with Crippen molar-refractivity contribution in [2.24, 2.45) is 29.6 Å². The van der Waals surface area contributed by atoms with Gasteiger partial charge >= 0.3 is 0 Å². The summed E-state index contributed by atoms with van der Waals surface area (Å²) < 4.78 is 0. The number of aliphatic hydroxyl groups excluding tert-OH is 1. The van der Waals surface area contributed by atoms with Crippen LogP contribution in [0.15, 0.2) is 30.3 Å². The molecule has 0 fully saturated rings. The van der Waals surface area contributed by atoms with E-state index in [1.807, 2.05) is 99.6 Å². The van der Waals surface area contributed by atoms with Crippen LogP contribution in [0.4, 0.5) is 0 Å². The molecule has 0 aliphatic carbocycles. The van der Waals surface area contributed by atoms with Crippen LogP contribution in [0.5, 0.6) is 0 Å². The Bertz CT molecular complexity index is 1060. The minimum atomic E-state index is -1.15. The number of aliphatic hydroxyl groups is 1. The number of hydrogen-bond donors (Lipinski definition) is 6. The number of benzene rings is 1. The van der Waals surface area contributed by atoms with E-state index >= 15 is 0 Å². The van der Waals surface area contributed by atoms with Crippen molar-refractivity contribution in [1.82, 2.24) is 26.6 Å². The minimum Gasteiger partial charge on any atom is -0.390 e. The first-order valence-corrected chi connectivity index (χ1v) is 17.1. The smallest absolute Gasteiger partial charge is 0.242 e. The van der Waals surface area contributed by atoms with Gasteiger partial charge in [0.1, 0.15) is 6.04 Å². The monoisotopic (exact) mass is 645 g/mol. The summed E-state index contributed by atoms with van der Waals surface area (Å²) in [5, 5.41) is 26.4. The molecular formula is C36H63N5O5. The highest BCUT2D eigenvalue weighted by Gasteiger charge is 2.31. The topological polar surface area (TPSA) is 149 Å². The maximum absolute atomic E-state index is 13.6. The molecule has 0 heterocycles. The zero-order valence-electron chi connectivity index (χ0n) is 30.0. The van der Waals surface area contributed by atoms with E-state index in [0.717, 1.165) is 5.56 Å². The van der Waals surface area contributed by atoms with Crippen LogP contribution < -0.4 is 26.6 Å². The molecule has 0 spiro atoms. The Morgan fingerprint density at radius 2 is 1.24 bits per heavy atom. The fourth-order valence-corrected chi connectivity index (χ4v) is 5.26. The summed E-state index contributed by atoms with van der Waals surface area (Å²) in [4.78, 5) is 52.2. The largest absolute Gasteiger partial charge is 0.390 e. The van der Waals surface area contributed by atoms with Crippen LogP contribution in [0, 0.1) is 29.6 Å². The van der Waals surface area contributed by atoms with Crippen LogP contribution in [-0.4, -0.2) is 65.6 Å². The summed E-state index contributed by atoms with van der Waals surface area (Å²) >= 11 is 0. The average molecular weight is 646 g/mol. The maximum Gasteiger partial charge on any atom is 0.242 e. The highest BCUT2D eigenvalue weighted by Crippen LogP contribution is 2.14. The molecule has 10 heteroatoms. The lowest BCUT2D eigenvalue weighted by molar-refractivity contribution is -0.131. The van der Waals surface area contributed by atoms with Crippen LogP contribution in [0.25, 0.3) is 0 Å². The SMILES string of the molecule is CC(C)CC(=O)N[C@H](CN[C@H](C(=O)N[C@@H](CC(C)C)C(O)CC(=O)N[C@@H](CC(C)C)C(=O)NCc1ccccc1)C(C)C)C(C)C. The summed E-state index contributed by atoms with van der Waals surface area (Å²) in [6.45, 7) is 20.7. The molecule has 0 aliphatic heterocycles. The van der Waals surface area contributed by atoms with Crippen molar-refractivity contribution in [2.75, 3.05) is 6.54 Å². The molecule has 0 saturated heterocycles. The number of rotatable bonds is 21. The first-order valence-electron chi connectivity index (χ1n) is 17.1. The van der Waals surface area contributed by atoms with Crippen LogP contribution in [0.1, 0.15) is 100 Å². The van der Waals surface area contributed by atoms with Crippen LogP contribution in [0.3, 0.4) is 0 Å². The molecule has 1 aromatic carbocycles. The number of nitrogens with one attached hydrogen (secondary N) is 5. The second-order valence-corrected chi connectivity index (χ2v) is 14.6. The van der Waals surface area contributed by atoms with E-state index in [0.29, 0.717) is 32.4 Å². The van der Waals surface area contributed by atoms with E-state index < -0.39 is 30.1 Å². The predicted octanol–water partition coefficient (Wildman–Crippen LogP) is 3.92. The van der Waals surface area contributed by atoms with Crippen molar-refractivity contribution in [2.45, 2.75) is 132 Å². The highest BCUT2D eigenvalue weighted by molar-refractivity contribution is 5.88. The van der Waals surface area contributed by atoms with Crippen molar-refractivity contribution in [1.29, 1.82) is 0 Å². The second-order valence-electron chi connectivity index (χ2n) is 14.6. The Kier molecular flexibility index (Phi) is 18.7.